The number of hydrogen-bond acceptors (Lipinski definition) is 4. The van der Waals surface area contributed by atoms with Crippen molar-refractivity contribution in [3.05, 3.63) is 87.4 Å². The van der Waals surface area contributed by atoms with Crippen LogP contribution in [0.5, 0.6) is 0 Å². The van der Waals surface area contributed by atoms with Crippen LogP contribution < -0.4 is 0 Å². The quantitative estimate of drug-likeness (QED) is 0.686. The molecule has 0 radical (unpaired) electrons. The van der Waals surface area contributed by atoms with E-state index in [0.29, 0.717) is 11.8 Å². The van der Waals surface area contributed by atoms with Gasteiger partial charge >= 0.3 is 0 Å². The lowest BCUT2D eigenvalue weighted by molar-refractivity contribution is 0.0539. The minimum absolute atomic E-state index is 0.138. The van der Waals surface area contributed by atoms with Crippen molar-refractivity contribution in [3.63, 3.8) is 0 Å². The number of aliphatic hydroxyl groups is 1. The minimum Gasteiger partial charge on any atom is -0.386 e. The highest BCUT2D eigenvalue weighted by Crippen LogP contribution is 2.60. The molecular weight excluding hydrogens is 376 g/mol. The van der Waals surface area contributed by atoms with Crippen molar-refractivity contribution in [2.24, 2.45) is 5.92 Å². The summed E-state index contributed by atoms with van der Waals surface area (Å²) in [4.78, 5) is 6.97. The summed E-state index contributed by atoms with van der Waals surface area (Å²) in [6.07, 6.45) is 4.70. The summed E-state index contributed by atoms with van der Waals surface area (Å²) in [6.45, 7) is 3.21. The number of aliphatic hydroxyl groups excluding tert-OH is 1. The van der Waals surface area contributed by atoms with E-state index in [2.05, 4.69) is 58.4 Å². The maximum atomic E-state index is 10.7. The number of rotatable bonds is 4. The predicted octanol–water partition coefficient (Wildman–Crippen LogP) is 4.72. The molecule has 3 aliphatic rings. The Morgan fingerprint density at radius 3 is 2.31 bits per heavy atom. The molecule has 0 spiro atoms. The molecular formula is C25H26N2OS. The van der Waals surface area contributed by atoms with Gasteiger partial charge in [0, 0.05) is 29.5 Å². The molecule has 6 rings (SSSR count). The van der Waals surface area contributed by atoms with Crippen LogP contribution in [0.25, 0.3) is 0 Å². The molecule has 2 aromatic carbocycles. The van der Waals surface area contributed by atoms with E-state index in [-0.39, 0.29) is 5.41 Å². The van der Waals surface area contributed by atoms with Crippen molar-refractivity contribution in [2.75, 3.05) is 19.6 Å². The Bertz CT molecular complexity index is 975. The van der Waals surface area contributed by atoms with E-state index < -0.39 is 6.10 Å². The summed E-state index contributed by atoms with van der Waals surface area (Å²) in [5, 5.41) is 13.5. The van der Waals surface area contributed by atoms with E-state index in [4.69, 9.17) is 0 Å². The fourth-order valence-corrected chi connectivity index (χ4v) is 6.91. The van der Waals surface area contributed by atoms with Gasteiger partial charge in [-0.15, -0.1) is 11.3 Å². The fourth-order valence-electron chi connectivity index (χ4n) is 6.20. The summed E-state index contributed by atoms with van der Waals surface area (Å²) in [6, 6.07) is 18.2. The first-order valence-corrected chi connectivity index (χ1v) is 11.6. The van der Waals surface area contributed by atoms with Crippen molar-refractivity contribution in [3.8, 4) is 0 Å². The first kappa shape index (κ1) is 17.8. The zero-order chi connectivity index (χ0) is 19.4. The lowest BCUT2D eigenvalue weighted by Gasteiger charge is -2.40. The van der Waals surface area contributed by atoms with E-state index in [9.17, 15) is 5.11 Å². The van der Waals surface area contributed by atoms with Crippen molar-refractivity contribution in [1.29, 1.82) is 0 Å². The number of benzene rings is 2. The Kier molecular flexibility index (Phi) is 4.15. The highest BCUT2D eigenvalue weighted by atomic mass is 32.1. The summed E-state index contributed by atoms with van der Waals surface area (Å²) in [5.74, 6) is 0.890. The van der Waals surface area contributed by atoms with Crippen LogP contribution in [0.15, 0.2) is 60.1 Å². The van der Waals surface area contributed by atoms with E-state index in [1.165, 1.54) is 6.42 Å². The van der Waals surface area contributed by atoms with Gasteiger partial charge in [-0.25, -0.2) is 4.98 Å². The third kappa shape index (κ3) is 2.66. The Morgan fingerprint density at radius 2 is 1.69 bits per heavy atom. The van der Waals surface area contributed by atoms with Crippen molar-refractivity contribution < 1.29 is 5.11 Å². The molecule has 1 fully saturated rings. The van der Waals surface area contributed by atoms with Gasteiger partial charge in [0.25, 0.3) is 0 Å². The number of likely N-dealkylation sites (tertiary alicyclic amines) is 1. The number of hydrogen-bond donors (Lipinski definition) is 1. The van der Waals surface area contributed by atoms with Crippen molar-refractivity contribution >= 4 is 11.3 Å². The Hall–Kier alpha value is -2.01. The number of nitrogens with zero attached hydrogens (tertiary/aromatic N) is 2. The maximum Gasteiger partial charge on any atom is 0.121 e. The second kappa shape index (κ2) is 6.76. The number of piperidine rings is 1. The molecule has 1 aliphatic heterocycles. The molecule has 4 heteroatoms. The highest BCUT2D eigenvalue weighted by molar-refractivity contribution is 7.09. The van der Waals surface area contributed by atoms with Crippen LogP contribution >= 0.6 is 11.3 Å². The second-order valence-corrected chi connectivity index (χ2v) is 9.87. The Labute approximate surface area is 176 Å². The summed E-state index contributed by atoms with van der Waals surface area (Å²) < 4.78 is 0. The van der Waals surface area contributed by atoms with Gasteiger partial charge in [0.05, 0.1) is 0 Å². The van der Waals surface area contributed by atoms with E-state index in [1.807, 2.05) is 5.38 Å². The molecule has 1 saturated heterocycles. The topological polar surface area (TPSA) is 36.4 Å². The number of aromatic nitrogens is 1. The first-order chi connectivity index (χ1) is 14.3. The molecule has 2 heterocycles. The van der Waals surface area contributed by atoms with Crippen molar-refractivity contribution in [2.45, 2.75) is 36.7 Å². The predicted molar refractivity (Wildman–Crippen MR) is 116 cm³/mol. The molecule has 1 unspecified atom stereocenters. The van der Waals surface area contributed by atoms with Gasteiger partial charge < -0.3 is 10.0 Å². The zero-order valence-corrected chi connectivity index (χ0v) is 17.3. The number of fused-ring (bicyclic) bond motifs is 8. The van der Waals surface area contributed by atoms with Gasteiger partial charge in [-0.1, -0.05) is 48.5 Å². The molecule has 3 aromatic rings. The average Bonchev–Trinajstić information content (AvgIpc) is 3.49. The lowest BCUT2D eigenvalue weighted by atomic mass is 9.74. The summed E-state index contributed by atoms with van der Waals surface area (Å²) in [5.41, 5.74) is 6.32. The van der Waals surface area contributed by atoms with Crippen LogP contribution in [0, 0.1) is 5.92 Å². The van der Waals surface area contributed by atoms with Crippen LogP contribution in [-0.4, -0.2) is 34.6 Å². The molecule has 1 N–H and O–H groups in total. The van der Waals surface area contributed by atoms with Gasteiger partial charge in [0.15, 0.2) is 0 Å². The van der Waals surface area contributed by atoms with Crippen LogP contribution in [-0.2, 0) is 5.41 Å². The smallest absolute Gasteiger partial charge is 0.121 e. The van der Waals surface area contributed by atoms with Gasteiger partial charge in [0.1, 0.15) is 11.1 Å². The molecule has 148 valence electrons. The monoisotopic (exact) mass is 402 g/mol. The SMILES string of the molecule is OC(c1nccs1)C1CCN(CC23CC(c4ccccc42)c2ccccc23)CC1. The van der Waals surface area contributed by atoms with E-state index >= 15 is 0 Å². The standard InChI is InChI=1S/C25H26N2OS/c28-23(24-26-11-14-29-24)17-9-12-27(13-10-17)16-25-15-20(18-5-1-3-7-21(18)25)19-6-2-4-8-22(19)25/h1-8,11,14,17,20,23,28H,9-10,12-13,15-16H2. The van der Waals surface area contributed by atoms with Crippen LogP contribution in [0.3, 0.4) is 0 Å². The highest BCUT2D eigenvalue weighted by Gasteiger charge is 2.53. The molecule has 2 aliphatic carbocycles. The normalized spacial score (nSPS) is 27.0. The third-order valence-corrected chi connectivity index (χ3v) is 8.38. The Balaban J connectivity index is 1.25. The lowest BCUT2D eigenvalue weighted by Crippen LogP contribution is -2.44. The van der Waals surface area contributed by atoms with Crippen LogP contribution in [0.1, 0.15) is 58.5 Å². The molecule has 0 amide bonds. The molecule has 2 bridgehead atoms. The van der Waals surface area contributed by atoms with Crippen LogP contribution in [0.4, 0.5) is 0 Å². The summed E-state index contributed by atoms with van der Waals surface area (Å²) >= 11 is 1.57. The van der Waals surface area contributed by atoms with Gasteiger partial charge in [-0.05, 0) is 60.5 Å². The average molecular weight is 403 g/mol. The van der Waals surface area contributed by atoms with E-state index in [1.54, 1.807) is 39.8 Å². The van der Waals surface area contributed by atoms with E-state index in [0.717, 1.165) is 37.5 Å². The molecule has 1 aromatic heterocycles. The van der Waals surface area contributed by atoms with Crippen molar-refractivity contribution in [1.82, 2.24) is 9.88 Å². The first-order valence-electron chi connectivity index (χ1n) is 10.7. The summed E-state index contributed by atoms with van der Waals surface area (Å²) in [7, 11) is 0. The molecule has 0 saturated carbocycles. The number of thiazole rings is 1. The minimum atomic E-state index is -0.404. The van der Waals surface area contributed by atoms with Gasteiger partial charge in [0.2, 0.25) is 0 Å². The molecule has 3 nitrogen and oxygen atoms in total. The molecule has 1 atom stereocenters. The second-order valence-electron chi connectivity index (χ2n) is 8.94. The Morgan fingerprint density at radius 1 is 1.03 bits per heavy atom. The fraction of sp³-hybridized carbons (Fsp3) is 0.400. The molecule has 29 heavy (non-hydrogen) atoms. The third-order valence-electron chi connectivity index (χ3n) is 7.53. The van der Waals surface area contributed by atoms with Gasteiger partial charge in [-0.2, -0.15) is 0 Å². The largest absolute Gasteiger partial charge is 0.386 e. The van der Waals surface area contributed by atoms with Gasteiger partial charge in [-0.3, -0.25) is 0 Å². The maximum absolute atomic E-state index is 10.7. The zero-order valence-electron chi connectivity index (χ0n) is 16.5. The van der Waals surface area contributed by atoms with Crippen LogP contribution in [0.2, 0.25) is 0 Å².